The van der Waals surface area contributed by atoms with Crippen LogP contribution >= 0.6 is 0 Å². The zero-order chi connectivity index (χ0) is 14.5. The Bertz CT molecular complexity index is 592. The SMILES string of the molecule is CNC(c1cc(OC)ncn1)c1cccc(OC)c1F. The Labute approximate surface area is 116 Å². The first-order chi connectivity index (χ1) is 9.71. The van der Waals surface area contributed by atoms with E-state index in [0.717, 1.165) is 0 Å². The van der Waals surface area contributed by atoms with Crippen molar-refractivity contribution in [3.8, 4) is 11.6 Å². The summed E-state index contributed by atoms with van der Waals surface area (Å²) in [6.45, 7) is 0. The molecule has 106 valence electrons. The number of nitrogens with one attached hydrogen (secondary N) is 1. The summed E-state index contributed by atoms with van der Waals surface area (Å²) in [4.78, 5) is 8.12. The average molecular weight is 277 g/mol. The number of nitrogens with zero attached hydrogens (tertiary/aromatic N) is 2. The lowest BCUT2D eigenvalue weighted by Gasteiger charge is -2.18. The zero-order valence-electron chi connectivity index (χ0n) is 11.6. The van der Waals surface area contributed by atoms with Gasteiger partial charge in [0.15, 0.2) is 11.6 Å². The highest BCUT2D eigenvalue weighted by atomic mass is 19.1. The van der Waals surface area contributed by atoms with Gasteiger partial charge in [-0.1, -0.05) is 12.1 Å². The molecule has 5 nitrogen and oxygen atoms in total. The zero-order valence-corrected chi connectivity index (χ0v) is 11.6. The summed E-state index contributed by atoms with van der Waals surface area (Å²) < 4.78 is 24.4. The molecule has 1 N–H and O–H groups in total. The van der Waals surface area contributed by atoms with Gasteiger partial charge in [-0.05, 0) is 13.1 Å². The van der Waals surface area contributed by atoms with E-state index in [2.05, 4.69) is 15.3 Å². The van der Waals surface area contributed by atoms with Crippen LogP contribution < -0.4 is 14.8 Å². The highest BCUT2D eigenvalue weighted by Crippen LogP contribution is 2.28. The van der Waals surface area contributed by atoms with Crippen LogP contribution in [-0.2, 0) is 0 Å². The van der Waals surface area contributed by atoms with Crippen LogP contribution in [0.4, 0.5) is 4.39 Å². The molecular formula is C14H16FN3O2. The van der Waals surface area contributed by atoms with Crippen LogP contribution in [0.25, 0.3) is 0 Å². The summed E-state index contributed by atoms with van der Waals surface area (Å²) in [5, 5.41) is 3.04. The highest BCUT2D eigenvalue weighted by Gasteiger charge is 2.20. The minimum absolute atomic E-state index is 0.198. The second-order valence-corrected chi connectivity index (χ2v) is 4.07. The van der Waals surface area contributed by atoms with Crippen LogP contribution in [0, 0.1) is 5.82 Å². The van der Waals surface area contributed by atoms with Crippen molar-refractivity contribution in [3.05, 3.63) is 47.7 Å². The van der Waals surface area contributed by atoms with E-state index in [1.165, 1.54) is 20.5 Å². The Morgan fingerprint density at radius 2 is 2.00 bits per heavy atom. The van der Waals surface area contributed by atoms with Crippen LogP contribution in [0.5, 0.6) is 11.6 Å². The van der Waals surface area contributed by atoms with Gasteiger partial charge in [0.25, 0.3) is 0 Å². The first-order valence-corrected chi connectivity index (χ1v) is 6.06. The number of hydrogen-bond acceptors (Lipinski definition) is 5. The van der Waals surface area contributed by atoms with Gasteiger partial charge in [0.05, 0.1) is 26.0 Å². The molecule has 0 amide bonds. The number of halogens is 1. The summed E-state index contributed by atoms with van der Waals surface area (Å²) >= 11 is 0. The normalized spacial score (nSPS) is 12.0. The van der Waals surface area contributed by atoms with Crippen molar-refractivity contribution >= 4 is 0 Å². The van der Waals surface area contributed by atoms with E-state index in [9.17, 15) is 4.39 Å². The molecule has 0 spiro atoms. The Hall–Kier alpha value is -2.21. The van der Waals surface area contributed by atoms with E-state index in [0.29, 0.717) is 17.1 Å². The fourth-order valence-corrected chi connectivity index (χ4v) is 1.99. The maximum absolute atomic E-state index is 14.3. The number of methoxy groups -OCH3 is 2. The molecule has 2 rings (SSSR count). The minimum atomic E-state index is -0.415. The summed E-state index contributed by atoms with van der Waals surface area (Å²) in [7, 11) is 4.69. The molecule has 20 heavy (non-hydrogen) atoms. The summed E-state index contributed by atoms with van der Waals surface area (Å²) in [6.07, 6.45) is 1.39. The van der Waals surface area contributed by atoms with Crippen LogP contribution in [0.1, 0.15) is 17.3 Å². The molecule has 2 aromatic rings. The Morgan fingerprint density at radius 3 is 2.65 bits per heavy atom. The van der Waals surface area contributed by atoms with Crippen molar-refractivity contribution in [3.63, 3.8) is 0 Å². The smallest absolute Gasteiger partial charge is 0.216 e. The topological polar surface area (TPSA) is 56.3 Å². The molecule has 1 aromatic heterocycles. The van der Waals surface area contributed by atoms with Gasteiger partial charge in [0.2, 0.25) is 5.88 Å². The molecule has 1 aromatic carbocycles. The molecule has 1 unspecified atom stereocenters. The number of ether oxygens (including phenoxy) is 2. The molecule has 0 bridgehead atoms. The molecule has 6 heteroatoms. The Kier molecular flexibility index (Phi) is 4.47. The Morgan fingerprint density at radius 1 is 1.20 bits per heavy atom. The second kappa shape index (κ2) is 6.29. The van der Waals surface area contributed by atoms with Crippen LogP contribution in [-0.4, -0.2) is 31.2 Å². The number of rotatable bonds is 5. The molecule has 1 heterocycles. The van der Waals surface area contributed by atoms with Gasteiger partial charge in [-0.15, -0.1) is 0 Å². The van der Waals surface area contributed by atoms with Crippen molar-refractivity contribution in [1.82, 2.24) is 15.3 Å². The molecule has 0 aliphatic carbocycles. The van der Waals surface area contributed by atoms with E-state index < -0.39 is 11.9 Å². The standard InChI is InChI=1S/C14H16FN3O2/c1-16-14(10-7-12(20-3)18-8-17-10)9-5-4-6-11(19-2)13(9)15/h4-8,14,16H,1-3H3. The van der Waals surface area contributed by atoms with Crippen molar-refractivity contribution in [2.45, 2.75) is 6.04 Å². The maximum atomic E-state index is 14.3. The monoisotopic (exact) mass is 277 g/mol. The van der Waals surface area contributed by atoms with Crippen molar-refractivity contribution < 1.29 is 13.9 Å². The molecule has 0 saturated carbocycles. The molecule has 0 aliphatic heterocycles. The fourth-order valence-electron chi connectivity index (χ4n) is 1.99. The molecule has 0 radical (unpaired) electrons. The summed E-state index contributed by atoms with van der Waals surface area (Å²) in [5.74, 6) is 0.217. The van der Waals surface area contributed by atoms with Crippen molar-refractivity contribution in [2.24, 2.45) is 0 Å². The van der Waals surface area contributed by atoms with Crippen LogP contribution in [0.3, 0.4) is 0 Å². The highest BCUT2D eigenvalue weighted by molar-refractivity contribution is 5.37. The van der Waals surface area contributed by atoms with Gasteiger partial charge in [0.1, 0.15) is 6.33 Å². The third kappa shape index (κ3) is 2.70. The van der Waals surface area contributed by atoms with E-state index in [4.69, 9.17) is 9.47 Å². The molecule has 1 atom stereocenters. The lowest BCUT2D eigenvalue weighted by molar-refractivity contribution is 0.381. The van der Waals surface area contributed by atoms with E-state index in [1.807, 2.05) is 0 Å². The van der Waals surface area contributed by atoms with E-state index in [-0.39, 0.29) is 5.75 Å². The number of hydrogen-bond donors (Lipinski definition) is 1. The predicted octanol–water partition coefficient (Wildman–Crippen LogP) is 1.94. The summed E-state index contributed by atoms with van der Waals surface area (Å²) in [5.41, 5.74) is 1.07. The van der Waals surface area contributed by atoms with E-state index >= 15 is 0 Å². The van der Waals surface area contributed by atoms with Gasteiger partial charge in [-0.3, -0.25) is 0 Å². The second-order valence-electron chi connectivity index (χ2n) is 4.07. The third-order valence-electron chi connectivity index (χ3n) is 2.98. The van der Waals surface area contributed by atoms with Gasteiger partial charge in [0, 0.05) is 11.6 Å². The molecule has 0 aliphatic rings. The van der Waals surface area contributed by atoms with Crippen molar-refractivity contribution in [1.29, 1.82) is 0 Å². The van der Waals surface area contributed by atoms with E-state index in [1.54, 1.807) is 31.3 Å². The van der Waals surface area contributed by atoms with Crippen LogP contribution in [0.15, 0.2) is 30.6 Å². The van der Waals surface area contributed by atoms with Gasteiger partial charge in [-0.25, -0.2) is 14.4 Å². The van der Waals surface area contributed by atoms with Gasteiger partial charge in [-0.2, -0.15) is 0 Å². The number of aromatic nitrogens is 2. The molecule has 0 fully saturated rings. The molecular weight excluding hydrogens is 261 g/mol. The van der Waals surface area contributed by atoms with Gasteiger partial charge >= 0.3 is 0 Å². The maximum Gasteiger partial charge on any atom is 0.216 e. The predicted molar refractivity (Wildman–Crippen MR) is 72.4 cm³/mol. The van der Waals surface area contributed by atoms with Gasteiger partial charge < -0.3 is 14.8 Å². The quantitative estimate of drug-likeness (QED) is 0.905. The molecule has 0 saturated heterocycles. The minimum Gasteiger partial charge on any atom is -0.494 e. The largest absolute Gasteiger partial charge is 0.494 e. The van der Waals surface area contributed by atoms with Crippen LogP contribution in [0.2, 0.25) is 0 Å². The lowest BCUT2D eigenvalue weighted by Crippen LogP contribution is -2.20. The lowest BCUT2D eigenvalue weighted by atomic mass is 10.0. The third-order valence-corrected chi connectivity index (χ3v) is 2.98. The average Bonchev–Trinajstić information content (AvgIpc) is 2.50. The van der Waals surface area contributed by atoms with Crippen molar-refractivity contribution in [2.75, 3.05) is 21.3 Å². The fraction of sp³-hybridized carbons (Fsp3) is 0.286. The Balaban J connectivity index is 2.46. The first-order valence-electron chi connectivity index (χ1n) is 6.06. The number of benzene rings is 1. The summed E-state index contributed by atoms with van der Waals surface area (Å²) in [6, 6.07) is 6.25. The first kappa shape index (κ1) is 14.2.